The van der Waals surface area contributed by atoms with Gasteiger partial charge in [-0.25, -0.2) is 9.59 Å². The van der Waals surface area contributed by atoms with Crippen molar-refractivity contribution in [1.82, 2.24) is 0 Å². The Balaban J connectivity index is 2.24. The van der Waals surface area contributed by atoms with Crippen molar-refractivity contribution in [3.8, 4) is 5.75 Å². The minimum Gasteiger partial charge on any atom is -0.482 e. The highest BCUT2D eigenvalue weighted by Gasteiger charge is 2.29. The van der Waals surface area contributed by atoms with Crippen LogP contribution in [0, 0.1) is 6.92 Å². The van der Waals surface area contributed by atoms with Crippen LogP contribution in [0.3, 0.4) is 0 Å². The van der Waals surface area contributed by atoms with E-state index in [1.165, 1.54) is 12.1 Å². The number of ether oxygens (including phenoxy) is 3. The Morgan fingerprint density at radius 1 is 1.13 bits per heavy atom. The fourth-order valence-corrected chi connectivity index (χ4v) is 4.02. The Bertz CT molecular complexity index is 996. The van der Waals surface area contributed by atoms with Gasteiger partial charge in [-0.15, -0.1) is 11.3 Å². The Hall–Kier alpha value is -2.29. The molecule has 0 spiro atoms. The van der Waals surface area contributed by atoms with Crippen molar-refractivity contribution in [1.29, 1.82) is 0 Å². The molecule has 0 unspecified atom stereocenters. The molecule has 168 valence electrons. The number of halogens is 2. The lowest BCUT2D eigenvalue weighted by Gasteiger charge is -2.19. The molecule has 0 saturated heterocycles. The first-order valence-electron chi connectivity index (χ1n) is 9.34. The Kier molecular flexibility index (Phi) is 8.34. The number of thiophene rings is 1. The molecule has 2 aromatic rings. The largest absolute Gasteiger partial charge is 0.482 e. The van der Waals surface area contributed by atoms with Crippen LogP contribution >= 0.6 is 34.5 Å². The number of rotatable bonds is 7. The normalized spacial score (nSPS) is 11.1. The molecule has 1 aromatic heterocycles. The van der Waals surface area contributed by atoms with Crippen LogP contribution in [0.2, 0.25) is 10.0 Å². The lowest BCUT2D eigenvalue weighted by Crippen LogP contribution is -2.23. The van der Waals surface area contributed by atoms with Crippen LogP contribution in [0.15, 0.2) is 18.2 Å². The fraction of sp³-hybridized carbons (Fsp3) is 0.381. The maximum absolute atomic E-state index is 12.6. The molecule has 10 heteroatoms. The van der Waals surface area contributed by atoms with Gasteiger partial charge in [0.1, 0.15) is 21.2 Å². The van der Waals surface area contributed by atoms with Crippen molar-refractivity contribution in [2.24, 2.45) is 0 Å². The van der Waals surface area contributed by atoms with Gasteiger partial charge in [0.2, 0.25) is 0 Å². The lowest BCUT2D eigenvalue weighted by molar-refractivity contribution is -0.118. The molecule has 0 saturated carbocycles. The molecule has 1 aromatic carbocycles. The topological polar surface area (TPSA) is 90.9 Å². The number of carbonyl (C=O) groups excluding carboxylic acids is 3. The van der Waals surface area contributed by atoms with Crippen molar-refractivity contribution >= 4 is 57.4 Å². The van der Waals surface area contributed by atoms with E-state index in [9.17, 15) is 14.4 Å². The van der Waals surface area contributed by atoms with Gasteiger partial charge in [-0.05, 0) is 58.4 Å². The van der Waals surface area contributed by atoms with E-state index in [4.69, 9.17) is 37.4 Å². The molecule has 0 aliphatic rings. The Morgan fingerprint density at radius 2 is 1.81 bits per heavy atom. The molecule has 1 amide bonds. The van der Waals surface area contributed by atoms with Crippen LogP contribution < -0.4 is 10.1 Å². The summed E-state index contributed by atoms with van der Waals surface area (Å²) in [5.74, 6) is -1.51. The first-order chi connectivity index (χ1) is 14.4. The molecule has 31 heavy (non-hydrogen) atoms. The van der Waals surface area contributed by atoms with E-state index < -0.39 is 23.4 Å². The molecule has 0 aliphatic carbocycles. The second kappa shape index (κ2) is 10.3. The van der Waals surface area contributed by atoms with E-state index in [0.717, 1.165) is 11.3 Å². The summed E-state index contributed by atoms with van der Waals surface area (Å²) in [5.41, 5.74) is -0.243. The summed E-state index contributed by atoms with van der Waals surface area (Å²) < 4.78 is 15.9. The van der Waals surface area contributed by atoms with Crippen molar-refractivity contribution in [2.75, 3.05) is 18.5 Å². The first-order valence-corrected chi connectivity index (χ1v) is 10.9. The molecule has 0 atom stereocenters. The van der Waals surface area contributed by atoms with Gasteiger partial charge >= 0.3 is 11.9 Å². The summed E-state index contributed by atoms with van der Waals surface area (Å²) in [6.07, 6.45) is 0. The summed E-state index contributed by atoms with van der Waals surface area (Å²) in [6, 6.07) is 4.61. The van der Waals surface area contributed by atoms with Gasteiger partial charge in [-0.1, -0.05) is 23.2 Å². The third-order valence-electron chi connectivity index (χ3n) is 3.72. The van der Waals surface area contributed by atoms with Crippen molar-refractivity contribution < 1.29 is 28.6 Å². The first kappa shape index (κ1) is 25.0. The maximum Gasteiger partial charge on any atom is 0.349 e. The quantitative estimate of drug-likeness (QED) is 0.517. The number of hydrogen-bond donors (Lipinski definition) is 1. The average molecular weight is 488 g/mol. The molecule has 7 nitrogen and oxygen atoms in total. The molecule has 1 N–H and O–H groups in total. The molecular weight excluding hydrogens is 465 g/mol. The van der Waals surface area contributed by atoms with Gasteiger partial charge in [0.25, 0.3) is 5.91 Å². The van der Waals surface area contributed by atoms with Crippen molar-refractivity contribution in [3.05, 3.63) is 44.2 Å². The second-order valence-corrected chi connectivity index (χ2v) is 9.26. The second-order valence-electron chi connectivity index (χ2n) is 7.39. The van der Waals surface area contributed by atoms with E-state index in [1.807, 2.05) is 0 Å². The van der Waals surface area contributed by atoms with Gasteiger partial charge in [-0.2, -0.15) is 0 Å². The van der Waals surface area contributed by atoms with Crippen LogP contribution in [-0.4, -0.2) is 36.7 Å². The standard InChI is InChI=1S/C21H23Cl2NO6S/c1-6-28-19(26)16-11(2)17(20(27)30-21(3,4)5)31-18(16)24-15(25)10-29-14-8-7-12(22)9-13(14)23/h7-9H,6,10H2,1-5H3,(H,24,25). The molecule has 0 bridgehead atoms. The molecule has 2 rings (SSSR count). The molecule has 0 fully saturated rings. The van der Waals surface area contributed by atoms with Gasteiger partial charge in [0.05, 0.1) is 17.2 Å². The highest BCUT2D eigenvalue weighted by Crippen LogP contribution is 2.35. The van der Waals surface area contributed by atoms with Gasteiger partial charge in [0, 0.05) is 5.02 Å². The SMILES string of the molecule is CCOC(=O)c1c(NC(=O)COc2ccc(Cl)cc2Cl)sc(C(=O)OC(C)(C)C)c1C. The number of nitrogens with one attached hydrogen (secondary N) is 1. The van der Waals surface area contributed by atoms with Crippen molar-refractivity contribution in [3.63, 3.8) is 0 Å². The number of anilines is 1. The molecule has 0 radical (unpaired) electrons. The van der Waals surface area contributed by atoms with E-state index in [-0.39, 0.29) is 39.4 Å². The van der Waals surface area contributed by atoms with Gasteiger partial charge < -0.3 is 19.5 Å². The number of benzene rings is 1. The summed E-state index contributed by atoms with van der Waals surface area (Å²) >= 11 is 12.8. The number of amides is 1. The number of esters is 2. The predicted molar refractivity (Wildman–Crippen MR) is 121 cm³/mol. The zero-order valence-corrected chi connectivity index (χ0v) is 20.1. The smallest absolute Gasteiger partial charge is 0.349 e. The Labute approximate surface area is 194 Å². The lowest BCUT2D eigenvalue weighted by atomic mass is 10.1. The summed E-state index contributed by atoms with van der Waals surface area (Å²) in [7, 11) is 0. The van der Waals surface area contributed by atoms with E-state index >= 15 is 0 Å². The minimum atomic E-state index is -0.716. The zero-order valence-electron chi connectivity index (χ0n) is 17.8. The fourth-order valence-electron chi connectivity index (χ4n) is 2.47. The number of hydrogen-bond acceptors (Lipinski definition) is 7. The average Bonchev–Trinajstić information content (AvgIpc) is 2.96. The summed E-state index contributed by atoms with van der Waals surface area (Å²) in [6.45, 7) is 8.24. The van der Waals surface area contributed by atoms with E-state index in [0.29, 0.717) is 10.6 Å². The van der Waals surface area contributed by atoms with E-state index in [2.05, 4.69) is 5.32 Å². The molecule has 1 heterocycles. The van der Waals surface area contributed by atoms with Gasteiger partial charge in [-0.3, -0.25) is 4.79 Å². The minimum absolute atomic E-state index is 0.102. The van der Waals surface area contributed by atoms with Crippen LogP contribution in [0.5, 0.6) is 5.75 Å². The van der Waals surface area contributed by atoms with Crippen LogP contribution in [0.1, 0.15) is 53.3 Å². The van der Waals surface area contributed by atoms with Crippen molar-refractivity contribution in [2.45, 2.75) is 40.2 Å². The van der Waals surface area contributed by atoms with Crippen LogP contribution in [-0.2, 0) is 14.3 Å². The third-order valence-corrected chi connectivity index (χ3v) is 5.43. The predicted octanol–water partition coefficient (Wildman–Crippen LogP) is 5.51. The molecular formula is C21H23Cl2NO6S. The maximum atomic E-state index is 12.6. The van der Waals surface area contributed by atoms with E-state index in [1.54, 1.807) is 40.7 Å². The highest BCUT2D eigenvalue weighted by atomic mass is 35.5. The highest BCUT2D eigenvalue weighted by molar-refractivity contribution is 7.18. The summed E-state index contributed by atoms with van der Waals surface area (Å²) in [4.78, 5) is 37.7. The zero-order chi connectivity index (χ0) is 23.3. The third kappa shape index (κ3) is 6.85. The monoisotopic (exact) mass is 487 g/mol. The number of carbonyl (C=O) groups is 3. The Morgan fingerprint density at radius 3 is 2.39 bits per heavy atom. The van der Waals surface area contributed by atoms with Crippen LogP contribution in [0.4, 0.5) is 5.00 Å². The van der Waals surface area contributed by atoms with Crippen LogP contribution in [0.25, 0.3) is 0 Å². The molecule has 0 aliphatic heterocycles. The van der Waals surface area contributed by atoms with Gasteiger partial charge in [0.15, 0.2) is 6.61 Å². The summed E-state index contributed by atoms with van der Waals surface area (Å²) in [5, 5.41) is 3.47.